The number of halogens is 1. The molecular formula is C18H14ClNO3. The van der Waals surface area contributed by atoms with Crippen LogP contribution in [0.15, 0.2) is 48.2 Å². The average Bonchev–Trinajstić information content (AvgIpc) is 2.69. The number of carbonyl (C=O) groups is 2. The van der Waals surface area contributed by atoms with Gasteiger partial charge in [-0.1, -0.05) is 29.8 Å². The molecule has 116 valence electrons. The molecule has 0 bridgehead atoms. The fraction of sp³-hybridized carbons (Fsp3) is 0.111. The van der Waals surface area contributed by atoms with E-state index in [2.05, 4.69) is 0 Å². The smallest absolute Gasteiger partial charge is 0.301 e. The molecule has 5 heteroatoms. The molecule has 23 heavy (non-hydrogen) atoms. The molecule has 0 radical (unpaired) electrons. The Morgan fingerprint density at radius 1 is 0.913 bits per heavy atom. The van der Waals surface area contributed by atoms with E-state index in [9.17, 15) is 14.7 Å². The van der Waals surface area contributed by atoms with Crippen molar-refractivity contribution in [2.24, 2.45) is 0 Å². The van der Waals surface area contributed by atoms with Gasteiger partial charge in [0.2, 0.25) is 0 Å². The third-order valence-corrected chi connectivity index (χ3v) is 3.91. The number of nitrogens with zero attached hydrogens (tertiary/aromatic N) is 1. The van der Waals surface area contributed by atoms with Gasteiger partial charge in [-0.05, 0) is 54.8 Å². The summed E-state index contributed by atoms with van der Waals surface area (Å²) in [7, 11) is 0. The lowest BCUT2D eigenvalue weighted by Gasteiger charge is -2.16. The van der Waals surface area contributed by atoms with Gasteiger partial charge in [-0.3, -0.25) is 9.59 Å². The fourth-order valence-electron chi connectivity index (χ4n) is 2.71. The molecule has 0 unspecified atom stereocenters. The summed E-state index contributed by atoms with van der Waals surface area (Å²) in [6, 6.07) is 11.8. The van der Waals surface area contributed by atoms with E-state index in [1.54, 1.807) is 36.4 Å². The van der Waals surface area contributed by atoms with Gasteiger partial charge >= 0.3 is 5.91 Å². The number of hydrogen-bond donors (Lipinski definition) is 1. The Kier molecular flexibility index (Phi) is 3.70. The lowest BCUT2D eigenvalue weighted by Crippen LogP contribution is -2.31. The number of amides is 2. The zero-order valence-electron chi connectivity index (χ0n) is 12.6. The van der Waals surface area contributed by atoms with Gasteiger partial charge in [-0.25, -0.2) is 4.90 Å². The largest absolute Gasteiger partial charge is 0.502 e. The summed E-state index contributed by atoms with van der Waals surface area (Å²) in [6.07, 6.45) is 0. The van der Waals surface area contributed by atoms with Crippen LogP contribution >= 0.6 is 11.6 Å². The minimum atomic E-state index is -0.718. The van der Waals surface area contributed by atoms with Crippen molar-refractivity contribution in [3.05, 3.63) is 69.9 Å². The standard InChI is InChI=1S/C18H14ClNO3/c1-10-7-11(2)9-14(8-10)20-17(22)15(16(21)18(20)23)12-3-5-13(19)6-4-12/h3-9,21H,1-2H3. The van der Waals surface area contributed by atoms with Gasteiger partial charge in [0.1, 0.15) is 0 Å². The molecule has 2 aromatic carbocycles. The van der Waals surface area contributed by atoms with Crippen molar-refractivity contribution in [1.29, 1.82) is 0 Å². The monoisotopic (exact) mass is 327 g/mol. The normalized spacial score (nSPS) is 14.8. The van der Waals surface area contributed by atoms with Gasteiger partial charge in [0.25, 0.3) is 5.91 Å². The summed E-state index contributed by atoms with van der Waals surface area (Å²) >= 11 is 5.84. The predicted octanol–water partition coefficient (Wildman–Crippen LogP) is 3.80. The van der Waals surface area contributed by atoms with Crippen LogP contribution in [0.5, 0.6) is 0 Å². The molecule has 1 N–H and O–H groups in total. The maximum atomic E-state index is 12.7. The number of aliphatic hydroxyl groups is 1. The van der Waals surface area contributed by atoms with E-state index in [0.717, 1.165) is 16.0 Å². The molecule has 0 atom stereocenters. The number of aryl methyl sites for hydroxylation is 2. The Bertz CT molecular complexity index is 833. The highest BCUT2D eigenvalue weighted by atomic mass is 35.5. The number of rotatable bonds is 2. The second kappa shape index (κ2) is 5.56. The van der Waals surface area contributed by atoms with E-state index in [4.69, 9.17) is 11.6 Å². The molecule has 1 heterocycles. The molecule has 2 aromatic rings. The van der Waals surface area contributed by atoms with Crippen LogP contribution in [0, 0.1) is 13.8 Å². The first-order chi connectivity index (χ1) is 10.9. The Hall–Kier alpha value is -2.59. The highest BCUT2D eigenvalue weighted by Gasteiger charge is 2.40. The van der Waals surface area contributed by atoms with Gasteiger partial charge in [-0.15, -0.1) is 0 Å². The van der Waals surface area contributed by atoms with Crippen LogP contribution < -0.4 is 4.90 Å². The van der Waals surface area contributed by atoms with Crippen LogP contribution in [0.1, 0.15) is 16.7 Å². The van der Waals surface area contributed by atoms with Crippen LogP contribution in [0.2, 0.25) is 5.02 Å². The lowest BCUT2D eigenvalue weighted by atomic mass is 10.1. The molecule has 0 saturated heterocycles. The first kappa shape index (κ1) is 15.3. The minimum absolute atomic E-state index is 0.00849. The molecule has 0 aliphatic carbocycles. The predicted molar refractivity (Wildman–Crippen MR) is 89.4 cm³/mol. The first-order valence-electron chi connectivity index (χ1n) is 7.05. The second-order valence-corrected chi connectivity index (χ2v) is 5.96. The van der Waals surface area contributed by atoms with Crippen molar-refractivity contribution in [2.45, 2.75) is 13.8 Å². The van der Waals surface area contributed by atoms with Gasteiger partial charge in [0.15, 0.2) is 5.76 Å². The molecule has 1 aliphatic rings. The topological polar surface area (TPSA) is 57.6 Å². The van der Waals surface area contributed by atoms with Crippen molar-refractivity contribution in [3.8, 4) is 0 Å². The number of aliphatic hydroxyl groups excluding tert-OH is 1. The maximum absolute atomic E-state index is 12.7. The zero-order valence-corrected chi connectivity index (χ0v) is 13.4. The van der Waals surface area contributed by atoms with Gasteiger partial charge in [-0.2, -0.15) is 0 Å². The zero-order chi connectivity index (χ0) is 16.7. The number of benzene rings is 2. The molecule has 0 spiro atoms. The third-order valence-electron chi connectivity index (χ3n) is 3.66. The summed E-state index contributed by atoms with van der Waals surface area (Å²) < 4.78 is 0. The Morgan fingerprint density at radius 3 is 2.04 bits per heavy atom. The number of hydrogen-bond acceptors (Lipinski definition) is 3. The Morgan fingerprint density at radius 2 is 1.48 bits per heavy atom. The summed E-state index contributed by atoms with van der Waals surface area (Å²) in [5.41, 5.74) is 2.76. The van der Waals surface area contributed by atoms with E-state index >= 15 is 0 Å². The van der Waals surface area contributed by atoms with Crippen LogP contribution in [-0.2, 0) is 9.59 Å². The van der Waals surface area contributed by atoms with E-state index in [1.165, 1.54) is 0 Å². The second-order valence-electron chi connectivity index (χ2n) is 5.52. The van der Waals surface area contributed by atoms with Crippen LogP contribution in [0.25, 0.3) is 5.57 Å². The van der Waals surface area contributed by atoms with Crippen LogP contribution in [-0.4, -0.2) is 16.9 Å². The van der Waals surface area contributed by atoms with Crippen molar-refractivity contribution in [2.75, 3.05) is 4.90 Å². The number of anilines is 1. The molecule has 0 aromatic heterocycles. The van der Waals surface area contributed by atoms with Crippen LogP contribution in [0.3, 0.4) is 0 Å². The average molecular weight is 328 g/mol. The Balaban J connectivity index is 2.07. The molecule has 0 saturated carbocycles. The summed E-state index contributed by atoms with van der Waals surface area (Å²) in [5, 5.41) is 10.7. The molecule has 0 fully saturated rings. The van der Waals surface area contributed by atoms with Crippen molar-refractivity contribution in [3.63, 3.8) is 0 Å². The lowest BCUT2D eigenvalue weighted by molar-refractivity contribution is -0.121. The quantitative estimate of drug-likeness (QED) is 0.853. The number of imide groups is 1. The Labute approximate surface area is 138 Å². The molecule has 2 amide bonds. The van der Waals surface area contributed by atoms with Crippen LogP contribution in [0.4, 0.5) is 5.69 Å². The molecule has 4 nitrogen and oxygen atoms in total. The van der Waals surface area contributed by atoms with E-state index in [1.807, 2.05) is 19.9 Å². The first-order valence-corrected chi connectivity index (χ1v) is 7.42. The van der Waals surface area contributed by atoms with Crippen molar-refractivity contribution >= 4 is 34.7 Å². The minimum Gasteiger partial charge on any atom is -0.502 e. The molecule has 3 rings (SSSR count). The molecule has 1 aliphatic heterocycles. The highest BCUT2D eigenvalue weighted by molar-refractivity contribution is 6.45. The van der Waals surface area contributed by atoms with Crippen molar-refractivity contribution in [1.82, 2.24) is 0 Å². The maximum Gasteiger partial charge on any atom is 0.301 e. The SMILES string of the molecule is Cc1cc(C)cc(N2C(=O)C(O)=C(c3ccc(Cl)cc3)C2=O)c1. The van der Waals surface area contributed by atoms with Gasteiger partial charge < -0.3 is 5.11 Å². The summed E-state index contributed by atoms with van der Waals surface area (Å²) in [4.78, 5) is 26.0. The molecular weight excluding hydrogens is 314 g/mol. The third kappa shape index (κ3) is 2.62. The van der Waals surface area contributed by atoms with Gasteiger partial charge in [0.05, 0.1) is 11.3 Å². The fourth-order valence-corrected chi connectivity index (χ4v) is 2.84. The van der Waals surface area contributed by atoms with E-state index < -0.39 is 17.6 Å². The van der Waals surface area contributed by atoms with Gasteiger partial charge in [0, 0.05) is 5.02 Å². The summed E-state index contributed by atoms with van der Waals surface area (Å²) in [6.45, 7) is 3.77. The summed E-state index contributed by atoms with van der Waals surface area (Å²) in [5.74, 6) is -1.80. The highest BCUT2D eigenvalue weighted by Crippen LogP contribution is 2.33. The number of carbonyl (C=O) groups excluding carboxylic acids is 2. The van der Waals surface area contributed by atoms with Crippen molar-refractivity contribution < 1.29 is 14.7 Å². The van der Waals surface area contributed by atoms with E-state index in [0.29, 0.717) is 16.3 Å². The van der Waals surface area contributed by atoms with E-state index in [-0.39, 0.29) is 5.57 Å².